The summed E-state index contributed by atoms with van der Waals surface area (Å²) in [5.74, 6) is 2.37. The molecule has 0 fully saturated rings. The molecule has 0 aliphatic heterocycles. The zero-order valence-electron chi connectivity index (χ0n) is 18.0. The van der Waals surface area contributed by atoms with E-state index in [0.29, 0.717) is 6.61 Å². The van der Waals surface area contributed by atoms with Gasteiger partial charge in [-0.3, -0.25) is 4.99 Å². The maximum atomic E-state index is 5.64. The first-order valence-electron chi connectivity index (χ1n) is 9.62. The van der Waals surface area contributed by atoms with E-state index in [4.69, 9.17) is 14.2 Å². The van der Waals surface area contributed by atoms with E-state index in [1.54, 1.807) is 21.3 Å². The number of nitrogens with zero attached hydrogens (tertiary/aromatic N) is 1. The van der Waals surface area contributed by atoms with Crippen molar-refractivity contribution in [3.8, 4) is 11.5 Å². The van der Waals surface area contributed by atoms with Gasteiger partial charge < -0.3 is 24.8 Å². The zero-order chi connectivity index (χ0) is 20.3. The van der Waals surface area contributed by atoms with Crippen LogP contribution in [0.1, 0.15) is 39.7 Å². The molecule has 6 nitrogen and oxygen atoms in total. The van der Waals surface area contributed by atoms with Crippen LogP contribution in [0.2, 0.25) is 0 Å². The van der Waals surface area contributed by atoms with Gasteiger partial charge >= 0.3 is 0 Å². The molecule has 1 aromatic carbocycles. The van der Waals surface area contributed by atoms with Gasteiger partial charge in [0, 0.05) is 27.2 Å². The van der Waals surface area contributed by atoms with Gasteiger partial charge in [-0.25, -0.2) is 0 Å². The van der Waals surface area contributed by atoms with E-state index in [1.807, 2.05) is 13.0 Å². The number of nitrogens with one attached hydrogen (secondary N) is 2. The topological polar surface area (TPSA) is 64.1 Å². The monoisotopic (exact) mass is 379 g/mol. The van der Waals surface area contributed by atoms with Crippen molar-refractivity contribution in [2.24, 2.45) is 10.4 Å². The molecule has 1 rings (SSSR count). The van der Waals surface area contributed by atoms with Gasteiger partial charge in [-0.2, -0.15) is 0 Å². The lowest BCUT2D eigenvalue weighted by Crippen LogP contribution is -2.45. The average molecular weight is 380 g/mol. The minimum atomic E-state index is 0.0766. The van der Waals surface area contributed by atoms with Gasteiger partial charge in [0.1, 0.15) is 0 Å². The third-order valence-corrected chi connectivity index (χ3v) is 4.39. The van der Waals surface area contributed by atoms with E-state index < -0.39 is 0 Å². The summed E-state index contributed by atoms with van der Waals surface area (Å²) < 4.78 is 16.5. The van der Waals surface area contributed by atoms with Crippen molar-refractivity contribution in [1.82, 2.24) is 10.6 Å². The Balaban J connectivity index is 2.44. The number of methoxy groups -OCH3 is 2. The van der Waals surface area contributed by atoms with Crippen LogP contribution in [-0.4, -0.2) is 53.0 Å². The summed E-state index contributed by atoms with van der Waals surface area (Å²) in [5, 5.41) is 6.70. The van der Waals surface area contributed by atoms with E-state index >= 15 is 0 Å². The fraction of sp³-hybridized carbons (Fsp3) is 0.667. The minimum Gasteiger partial charge on any atom is -0.493 e. The lowest BCUT2D eigenvalue weighted by atomic mass is 9.89. The highest BCUT2D eigenvalue weighted by molar-refractivity contribution is 5.79. The van der Waals surface area contributed by atoms with E-state index in [0.717, 1.165) is 43.4 Å². The molecule has 0 amide bonds. The van der Waals surface area contributed by atoms with Crippen LogP contribution in [0, 0.1) is 5.41 Å². The Bertz CT molecular complexity index is 583. The first-order valence-corrected chi connectivity index (χ1v) is 9.62. The fourth-order valence-electron chi connectivity index (χ4n) is 2.80. The summed E-state index contributed by atoms with van der Waals surface area (Å²) >= 11 is 0. The molecule has 0 aliphatic rings. The Hall–Kier alpha value is -1.95. The smallest absolute Gasteiger partial charge is 0.191 e. The molecular formula is C21H37N3O3. The van der Waals surface area contributed by atoms with Gasteiger partial charge in [-0.15, -0.1) is 0 Å². The standard InChI is InChI=1S/C21H37N3O3/c1-8-27-18-14-16(11-12-17(18)25-6)10-9-13-23-20(22-5)24-15-19(26-7)21(2,3)4/h11-12,14,19H,8-10,13,15H2,1-7H3,(H2,22,23,24). The van der Waals surface area contributed by atoms with Crippen molar-refractivity contribution in [2.45, 2.75) is 46.6 Å². The number of rotatable bonds is 10. The molecule has 6 heteroatoms. The van der Waals surface area contributed by atoms with Crippen LogP contribution >= 0.6 is 0 Å². The van der Waals surface area contributed by atoms with Crippen LogP contribution in [0.4, 0.5) is 0 Å². The molecule has 2 N–H and O–H groups in total. The Morgan fingerprint density at radius 2 is 1.89 bits per heavy atom. The summed E-state index contributed by atoms with van der Waals surface area (Å²) in [4.78, 5) is 4.28. The third-order valence-electron chi connectivity index (χ3n) is 4.39. The molecule has 0 saturated heterocycles. The normalized spacial score (nSPS) is 13.2. The molecule has 0 spiro atoms. The highest BCUT2D eigenvalue weighted by Crippen LogP contribution is 2.28. The third kappa shape index (κ3) is 8.08. The largest absolute Gasteiger partial charge is 0.493 e. The van der Waals surface area contributed by atoms with E-state index in [9.17, 15) is 0 Å². The molecule has 0 bridgehead atoms. The van der Waals surface area contributed by atoms with Crippen molar-refractivity contribution in [3.63, 3.8) is 0 Å². The molecule has 0 aromatic heterocycles. The second-order valence-electron chi connectivity index (χ2n) is 7.49. The van der Waals surface area contributed by atoms with Gasteiger partial charge in [-0.05, 0) is 42.9 Å². The highest BCUT2D eigenvalue weighted by Gasteiger charge is 2.24. The number of hydrogen-bond acceptors (Lipinski definition) is 4. The van der Waals surface area contributed by atoms with Crippen LogP contribution < -0.4 is 20.1 Å². The molecule has 154 valence electrons. The molecule has 0 radical (unpaired) electrons. The molecule has 0 saturated carbocycles. The molecule has 1 unspecified atom stereocenters. The van der Waals surface area contributed by atoms with Gasteiger partial charge in [0.05, 0.1) is 19.8 Å². The van der Waals surface area contributed by atoms with Gasteiger partial charge in [0.15, 0.2) is 17.5 Å². The number of benzene rings is 1. The maximum Gasteiger partial charge on any atom is 0.191 e. The van der Waals surface area contributed by atoms with Crippen molar-refractivity contribution < 1.29 is 14.2 Å². The Labute approximate surface area is 164 Å². The molecule has 1 aromatic rings. The average Bonchev–Trinajstić information content (AvgIpc) is 2.63. The fourth-order valence-corrected chi connectivity index (χ4v) is 2.80. The Morgan fingerprint density at radius 3 is 2.44 bits per heavy atom. The molecule has 0 aliphatic carbocycles. The van der Waals surface area contributed by atoms with E-state index in [1.165, 1.54) is 5.56 Å². The summed E-state index contributed by atoms with van der Waals surface area (Å²) in [6.07, 6.45) is 2.06. The first-order chi connectivity index (χ1) is 12.8. The summed E-state index contributed by atoms with van der Waals surface area (Å²) in [6.45, 7) is 10.7. The number of ether oxygens (including phenoxy) is 3. The number of hydrogen-bond donors (Lipinski definition) is 2. The van der Waals surface area contributed by atoms with Crippen LogP contribution in [0.15, 0.2) is 23.2 Å². The predicted octanol–water partition coefficient (Wildman–Crippen LogP) is 3.25. The second kappa shape index (κ2) is 11.7. The first kappa shape index (κ1) is 23.1. The lowest BCUT2D eigenvalue weighted by molar-refractivity contribution is 0.0205. The van der Waals surface area contributed by atoms with Crippen LogP contribution in [0.5, 0.6) is 11.5 Å². The van der Waals surface area contributed by atoms with Gasteiger partial charge in [-0.1, -0.05) is 26.8 Å². The summed E-state index contributed by atoms with van der Waals surface area (Å²) in [5.41, 5.74) is 1.31. The Morgan fingerprint density at radius 1 is 1.15 bits per heavy atom. The van der Waals surface area contributed by atoms with E-state index in [-0.39, 0.29) is 11.5 Å². The van der Waals surface area contributed by atoms with E-state index in [2.05, 4.69) is 48.5 Å². The lowest BCUT2D eigenvalue weighted by Gasteiger charge is -2.30. The maximum absolute atomic E-state index is 5.64. The summed E-state index contributed by atoms with van der Waals surface area (Å²) in [7, 11) is 5.19. The van der Waals surface area contributed by atoms with Crippen molar-refractivity contribution in [2.75, 3.05) is 41.0 Å². The highest BCUT2D eigenvalue weighted by atomic mass is 16.5. The number of guanidine groups is 1. The number of aryl methyl sites for hydroxylation is 1. The van der Waals surface area contributed by atoms with Crippen LogP contribution in [0.3, 0.4) is 0 Å². The minimum absolute atomic E-state index is 0.0766. The molecule has 1 atom stereocenters. The van der Waals surface area contributed by atoms with Crippen molar-refractivity contribution in [1.29, 1.82) is 0 Å². The Kier molecular flexibility index (Phi) is 10.0. The van der Waals surface area contributed by atoms with Gasteiger partial charge in [0.2, 0.25) is 0 Å². The van der Waals surface area contributed by atoms with Crippen LogP contribution in [-0.2, 0) is 11.2 Å². The van der Waals surface area contributed by atoms with Crippen molar-refractivity contribution in [3.05, 3.63) is 23.8 Å². The quantitative estimate of drug-likeness (QED) is 0.371. The van der Waals surface area contributed by atoms with Crippen LogP contribution in [0.25, 0.3) is 0 Å². The molecule has 0 heterocycles. The SMILES string of the molecule is CCOc1cc(CCCNC(=NC)NCC(OC)C(C)(C)C)ccc1OC. The second-order valence-corrected chi connectivity index (χ2v) is 7.49. The van der Waals surface area contributed by atoms with Gasteiger partial charge in [0.25, 0.3) is 0 Å². The molecule has 27 heavy (non-hydrogen) atoms. The predicted molar refractivity (Wildman–Crippen MR) is 112 cm³/mol. The summed E-state index contributed by atoms with van der Waals surface area (Å²) in [6, 6.07) is 6.11. The number of aliphatic imine (C=N–C) groups is 1. The zero-order valence-corrected chi connectivity index (χ0v) is 18.0. The molecular weight excluding hydrogens is 342 g/mol. The van der Waals surface area contributed by atoms with Crippen molar-refractivity contribution >= 4 is 5.96 Å².